The summed E-state index contributed by atoms with van der Waals surface area (Å²) in [7, 11) is 0. The Morgan fingerprint density at radius 1 is 1.05 bits per heavy atom. The lowest BCUT2D eigenvalue weighted by Crippen LogP contribution is -2.11. The zero-order valence-electron chi connectivity index (χ0n) is 11.9. The van der Waals surface area contributed by atoms with Crippen molar-refractivity contribution in [1.29, 1.82) is 0 Å². The normalized spacial score (nSPS) is 12.2. The number of aliphatic carboxylic acids is 1. The molecular weight excluding hydrogens is 296 g/mol. The van der Waals surface area contributed by atoms with Crippen LogP contribution in [0.25, 0.3) is 22.3 Å². The molecule has 3 aromatic rings. The molecular formula is C17H14N2O2S. The number of nitrogens with zero attached hydrogens (tertiary/aromatic N) is 2. The van der Waals surface area contributed by atoms with Crippen LogP contribution < -0.4 is 0 Å². The fourth-order valence-electron chi connectivity index (χ4n) is 2.07. The van der Waals surface area contributed by atoms with E-state index in [-0.39, 0.29) is 0 Å². The summed E-state index contributed by atoms with van der Waals surface area (Å²) >= 11 is 1.24. The van der Waals surface area contributed by atoms with E-state index in [2.05, 4.69) is 9.97 Å². The van der Waals surface area contributed by atoms with Crippen LogP contribution in [0.15, 0.2) is 59.6 Å². The Hall–Kier alpha value is -2.40. The number of carboxylic acid groups (broad SMARTS) is 1. The fraction of sp³-hybridized carbons (Fsp3) is 0.118. The molecule has 1 heterocycles. The van der Waals surface area contributed by atoms with Crippen molar-refractivity contribution >= 4 is 28.6 Å². The average molecular weight is 310 g/mol. The minimum atomic E-state index is -0.853. The van der Waals surface area contributed by atoms with Gasteiger partial charge in [0, 0.05) is 10.9 Å². The molecule has 1 atom stereocenters. The summed E-state index contributed by atoms with van der Waals surface area (Å²) in [5.74, 6) is -0.242. The van der Waals surface area contributed by atoms with Crippen LogP contribution in [0.1, 0.15) is 6.92 Å². The van der Waals surface area contributed by atoms with Gasteiger partial charge in [0.25, 0.3) is 0 Å². The molecule has 0 saturated heterocycles. The van der Waals surface area contributed by atoms with Gasteiger partial charge in [-0.3, -0.25) is 4.79 Å². The number of hydrogen-bond donors (Lipinski definition) is 1. The average Bonchev–Trinajstić information content (AvgIpc) is 2.55. The summed E-state index contributed by atoms with van der Waals surface area (Å²) in [5.41, 5.74) is 1.73. The van der Waals surface area contributed by atoms with E-state index in [4.69, 9.17) is 5.11 Å². The lowest BCUT2D eigenvalue weighted by molar-refractivity contribution is -0.136. The molecule has 0 unspecified atom stereocenters. The van der Waals surface area contributed by atoms with Crippen LogP contribution in [0.3, 0.4) is 0 Å². The summed E-state index contributed by atoms with van der Waals surface area (Å²) in [6.07, 6.45) is 0. The number of aromatic nitrogens is 2. The number of carbonyl (C=O) groups is 1. The SMILES string of the molecule is C[C@@H](Sc1nc(-c2ccccc2)nc2ccccc12)C(=O)O. The third-order valence-electron chi connectivity index (χ3n) is 3.24. The van der Waals surface area contributed by atoms with E-state index in [0.717, 1.165) is 16.5 Å². The Bertz CT molecular complexity index is 821. The van der Waals surface area contributed by atoms with Crippen molar-refractivity contribution in [3.8, 4) is 11.4 Å². The van der Waals surface area contributed by atoms with E-state index in [1.807, 2.05) is 54.6 Å². The quantitative estimate of drug-likeness (QED) is 0.585. The van der Waals surface area contributed by atoms with Crippen LogP contribution in [-0.4, -0.2) is 26.3 Å². The standard InChI is InChI=1S/C17H14N2O2S/c1-11(17(20)21)22-16-13-9-5-6-10-14(13)18-15(19-16)12-7-3-2-4-8-12/h2-11H,1H3,(H,20,21)/t11-/m1/s1. The number of thioether (sulfide) groups is 1. The summed E-state index contributed by atoms with van der Waals surface area (Å²) in [5, 5.41) is 10.1. The van der Waals surface area contributed by atoms with Gasteiger partial charge in [-0.15, -0.1) is 0 Å². The minimum absolute atomic E-state index is 0.568. The van der Waals surface area contributed by atoms with Crippen LogP contribution in [-0.2, 0) is 4.79 Å². The summed E-state index contributed by atoms with van der Waals surface area (Å²) in [6, 6.07) is 17.3. The topological polar surface area (TPSA) is 63.1 Å². The number of hydrogen-bond acceptors (Lipinski definition) is 4. The van der Waals surface area contributed by atoms with Gasteiger partial charge in [0.15, 0.2) is 5.82 Å². The highest BCUT2D eigenvalue weighted by Crippen LogP contribution is 2.30. The number of benzene rings is 2. The molecule has 110 valence electrons. The van der Waals surface area contributed by atoms with Crippen LogP contribution in [0.4, 0.5) is 0 Å². The fourth-order valence-corrected chi connectivity index (χ4v) is 2.95. The smallest absolute Gasteiger partial charge is 0.316 e. The molecule has 0 aliphatic heterocycles. The first-order valence-corrected chi connectivity index (χ1v) is 7.75. The second kappa shape index (κ2) is 6.15. The monoisotopic (exact) mass is 310 g/mol. The van der Waals surface area contributed by atoms with Crippen molar-refractivity contribution in [2.24, 2.45) is 0 Å². The van der Waals surface area contributed by atoms with Gasteiger partial charge in [-0.1, -0.05) is 60.3 Å². The molecule has 2 aromatic carbocycles. The number of rotatable bonds is 4. The van der Waals surface area contributed by atoms with Gasteiger partial charge in [0.2, 0.25) is 0 Å². The van der Waals surface area contributed by atoms with E-state index in [9.17, 15) is 4.79 Å². The molecule has 3 rings (SSSR count). The maximum Gasteiger partial charge on any atom is 0.316 e. The zero-order chi connectivity index (χ0) is 15.5. The van der Waals surface area contributed by atoms with E-state index in [0.29, 0.717) is 10.9 Å². The van der Waals surface area contributed by atoms with Gasteiger partial charge in [-0.2, -0.15) is 0 Å². The second-order valence-electron chi connectivity index (χ2n) is 4.83. The highest BCUT2D eigenvalue weighted by Gasteiger charge is 2.17. The Kier molecular flexibility index (Phi) is 4.06. The maximum absolute atomic E-state index is 11.1. The largest absolute Gasteiger partial charge is 0.480 e. The molecule has 0 amide bonds. The third-order valence-corrected chi connectivity index (χ3v) is 4.33. The first kappa shape index (κ1) is 14.5. The molecule has 0 fully saturated rings. The Balaban J connectivity index is 2.14. The predicted molar refractivity (Wildman–Crippen MR) is 87.9 cm³/mol. The summed E-state index contributed by atoms with van der Waals surface area (Å²) in [4.78, 5) is 20.3. The molecule has 0 bridgehead atoms. The lowest BCUT2D eigenvalue weighted by Gasteiger charge is -2.10. The van der Waals surface area contributed by atoms with Gasteiger partial charge < -0.3 is 5.11 Å². The molecule has 1 aromatic heterocycles. The highest BCUT2D eigenvalue weighted by atomic mass is 32.2. The predicted octanol–water partition coefficient (Wildman–Crippen LogP) is 3.86. The van der Waals surface area contributed by atoms with E-state index in [1.165, 1.54) is 11.8 Å². The van der Waals surface area contributed by atoms with Crippen molar-refractivity contribution in [2.45, 2.75) is 17.2 Å². The zero-order valence-corrected chi connectivity index (χ0v) is 12.7. The van der Waals surface area contributed by atoms with Crippen LogP contribution in [0.5, 0.6) is 0 Å². The Morgan fingerprint density at radius 3 is 2.45 bits per heavy atom. The van der Waals surface area contributed by atoms with Gasteiger partial charge in [-0.25, -0.2) is 9.97 Å². The van der Waals surface area contributed by atoms with Crippen molar-refractivity contribution < 1.29 is 9.90 Å². The molecule has 0 aliphatic carbocycles. The second-order valence-corrected chi connectivity index (χ2v) is 6.16. The van der Waals surface area contributed by atoms with E-state index >= 15 is 0 Å². The Morgan fingerprint density at radius 2 is 1.73 bits per heavy atom. The molecule has 1 N–H and O–H groups in total. The van der Waals surface area contributed by atoms with Crippen LogP contribution in [0.2, 0.25) is 0 Å². The third kappa shape index (κ3) is 2.94. The Labute approximate surface area is 132 Å². The molecule has 0 aliphatic rings. The van der Waals surface area contributed by atoms with Gasteiger partial charge in [0.1, 0.15) is 10.3 Å². The van der Waals surface area contributed by atoms with Gasteiger partial charge in [-0.05, 0) is 13.0 Å². The van der Waals surface area contributed by atoms with Gasteiger partial charge >= 0.3 is 5.97 Å². The summed E-state index contributed by atoms with van der Waals surface area (Å²) < 4.78 is 0. The maximum atomic E-state index is 11.1. The van der Waals surface area contributed by atoms with Crippen molar-refractivity contribution in [2.75, 3.05) is 0 Å². The van der Waals surface area contributed by atoms with Crippen LogP contribution in [0, 0.1) is 0 Å². The number of fused-ring (bicyclic) bond motifs is 1. The first-order chi connectivity index (χ1) is 10.6. The van der Waals surface area contributed by atoms with E-state index in [1.54, 1.807) is 6.92 Å². The van der Waals surface area contributed by atoms with Crippen LogP contribution >= 0.6 is 11.8 Å². The molecule has 0 radical (unpaired) electrons. The lowest BCUT2D eigenvalue weighted by atomic mass is 10.2. The molecule has 0 spiro atoms. The first-order valence-electron chi connectivity index (χ1n) is 6.87. The summed E-state index contributed by atoms with van der Waals surface area (Å²) in [6.45, 7) is 1.66. The van der Waals surface area contributed by atoms with Crippen molar-refractivity contribution in [3.63, 3.8) is 0 Å². The van der Waals surface area contributed by atoms with Gasteiger partial charge in [0.05, 0.1) is 5.52 Å². The van der Waals surface area contributed by atoms with E-state index < -0.39 is 11.2 Å². The highest BCUT2D eigenvalue weighted by molar-refractivity contribution is 8.00. The molecule has 0 saturated carbocycles. The number of para-hydroxylation sites is 1. The molecule has 22 heavy (non-hydrogen) atoms. The number of carboxylic acids is 1. The van der Waals surface area contributed by atoms with Crippen molar-refractivity contribution in [3.05, 3.63) is 54.6 Å². The molecule has 4 nitrogen and oxygen atoms in total. The minimum Gasteiger partial charge on any atom is -0.480 e. The molecule has 5 heteroatoms. The van der Waals surface area contributed by atoms with Crippen molar-refractivity contribution in [1.82, 2.24) is 9.97 Å².